The SMILES string of the molecule is CC(Cc1ccc([N+](=O)[O-])cc1Cl)C(Br)c1ccccc1. The Hall–Kier alpha value is -1.39. The number of non-ortho nitro benzene ring substituents is 1. The Morgan fingerprint density at radius 1 is 1.24 bits per heavy atom. The van der Waals surface area contributed by atoms with Gasteiger partial charge in [-0.15, -0.1) is 0 Å². The summed E-state index contributed by atoms with van der Waals surface area (Å²) in [5.74, 6) is 0.311. The lowest BCUT2D eigenvalue weighted by Crippen LogP contribution is -2.07. The van der Waals surface area contributed by atoms with Crippen molar-refractivity contribution in [3.63, 3.8) is 0 Å². The average molecular weight is 369 g/mol. The highest BCUT2D eigenvalue weighted by atomic mass is 79.9. The smallest absolute Gasteiger partial charge is 0.258 e. The zero-order valence-corrected chi connectivity index (χ0v) is 13.8. The molecule has 2 rings (SSSR count). The van der Waals surface area contributed by atoms with E-state index in [9.17, 15) is 10.1 Å². The number of halogens is 2. The summed E-state index contributed by atoms with van der Waals surface area (Å²) in [7, 11) is 0. The summed E-state index contributed by atoms with van der Waals surface area (Å²) in [6, 6.07) is 14.8. The fourth-order valence-corrected chi connectivity index (χ4v) is 2.98. The third kappa shape index (κ3) is 4.05. The van der Waals surface area contributed by atoms with Crippen LogP contribution >= 0.6 is 27.5 Å². The molecule has 0 radical (unpaired) electrons. The Labute approximate surface area is 137 Å². The Balaban J connectivity index is 2.12. The van der Waals surface area contributed by atoms with Crippen LogP contribution in [0.25, 0.3) is 0 Å². The van der Waals surface area contributed by atoms with Crippen molar-refractivity contribution in [2.24, 2.45) is 5.92 Å². The lowest BCUT2D eigenvalue weighted by Gasteiger charge is -2.19. The van der Waals surface area contributed by atoms with E-state index in [0.29, 0.717) is 10.9 Å². The van der Waals surface area contributed by atoms with Gasteiger partial charge in [0.2, 0.25) is 0 Å². The van der Waals surface area contributed by atoms with Gasteiger partial charge in [-0.05, 0) is 23.5 Å². The molecule has 0 aliphatic heterocycles. The van der Waals surface area contributed by atoms with Gasteiger partial charge in [-0.1, -0.05) is 70.9 Å². The molecule has 5 heteroatoms. The number of benzene rings is 2. The van der Waals surface area contributed by atoms with Crippen molar-refractivity contribution in [2.75, 3.05) is 0 Å². The maximum atomic E-state index is 10.7. The van der Waals surface area contributed by atoms with Crippen LogP contribution in [0, 0.1) is 16.0 Å². The van der Waals surface area contributed by atoms with Crippen molar-refractivity contribution < 1.29 is 4.92 Å². The van der Waals surface area contributed by atoms with E-state index in [1.165, 1.54) is 17.7 Å². The number of rotatable bonds is 5. The summed E-state index contributed by atoms with van der Waals surface area (Å²) in [5.41, 5.74) is 2.16. The number of hydrogen-bond acceptors (Lipinski definition) is 2. The van der Waals surface area contributed by atoms with Crippen LogP contribution in [0.1, 0.15) is 22.9 Å². The second-order valence-electron chi connectivity index (χ2n) is 5.03. The zero-order chi connectivity index (χ0) is 15.4. The summed E-state index contributed by atoms with van der Waals surface area (Å²) < 4.78 is 0. The van der Waals surface area contributed by atoms with Gasteiger partial charge in [-0.25, -0.2) is 0 Å². The molecule has 3 nitrogen and oxygen atoms in total. The summed E-state index contributed by atoms with van der Waals surface area (Å²) >= 11 is 9.87. The molecule has 0 saturated heterocycles. The topological polar surface area (TPSA) is 43.1 Å². The minimum Gasteiger partial charge on any atom is -0.258 e. The fourth-order valence-electron chi connectivity index (χ4n) is 2.23. The highest BCUT2D eigenvalue weighted by molar-refractivity contribution is 9.09. The molecule has 2 unspecified atom stereocenters. The molecule has 0 amide bonds. The monoisotopic (exact) mass is 367 g/mol. The van der Waals surface area contributed by atoms with Gasteiger partial charge < -0.3 is 0 Å². The van der Waals surface area contributed by atoms with Crippen LogP contribution in [0.5, 0.6) is 0 Å². The summed E-state index contributed by atoms with van der Waals surface area (Å²) in [6.07, 6.45) is 0.752. The molecule has 0 saturated carbocycles. The summed E-state index contributed by atoms with van der Waals surface area (Å²) in [6.45, 7) is 2.13. The Kier molecular flexibility index (Phi) is 5.37. The van der Waals surface area contributed by atoms with Crippen molar-refractivity contribution in [1.82, 2.24) is 0 Å². The number of nitro groups is 1. The zero-order valence-electron chi connectivity index (χ0n) is 11.5. The highest BCUT2D eigenvalue weighted by Crippen LogP contribution is 2.34. The average Bonchev–Trinajstić information content (AvgIpc) is 2.49. The first-order chi connectivity index (χ1) is 9.99. The number of nitrogens with zero attached hydrogens (tertiary/aromatic N) is 1. The van der Waals surface area contributed by atoms with E-state index in [4.69, 9.17) is 11.6 Å². The molecular weight excluding hydrogens is 354 g/mol. The lowest BCUT2D eigenvalue weighted by molar-refractivity contribution is -0.384. The molecule has 21 heavy (non-hydrogen) atoms. The van der Waals surface area contributed by atoms with Gasteiger partial charge in [-0.3, -0.25) is 10.1 Å². The minimum absolute atomic E-state index is 0.0230. The van der Waals surface area contributed by atoms with Crippen LogP contribution in [0.15, 0.2) is 48.5 Å². The van der Waals surface area contributed by atoms with Gasteiger partial charge in [0.15, 0.2) is 0 Å². The summed E-state index contributed by atoms with van der Waals surface area (Å²) in [5, 5.41) is 11.2. The molecule has 0 N–H and O–H groups in total. The van der Waals surface area contributed by atoms with Crippen molar-refractivity contribution >= 4 is 33.2 Å². The third-order valence-corrected chi connectivity index (χ3v) is 5.19. The Bertz CT molecular complexity index is 633. The summed E-state index contributed by atoms with van der Waals surface area (Å²) in [4.78, 5) is 10.5. The Morgan fingerprint density at radius 3 is 2.48 bits per heavy atom. The van der Waals surface area contributed by atoms with Gasteiger partial charge in [0.25, 0.3) is 5.69 Å². The molecule has 0 aliphatic carbocycles. The standard InChI is InChI=1S/C16H15BrClNO2/c1-11(16(17)12-5-3-2-4-6-12)9-13-7-8-14(19(20)21)10-15(13)18/h2-8,10-11,16H,9H2,1H3. The van der Waals surface area contributed by atoms with E-state index in [0.717, 1.165) is 12.0 Å². The molecule has 0 fully saturated rings. The van der Waals surface area contributed by atoms with Gasteiger partial charge >= 0.3 is 0 Å². The second kappa shape index (κ2) is 7.05. The van der Waals surface area contributed by atoms with Gasteiger partial charge in [0.1, 0.15) is 0 Å². The van der Waals surface area contributed by atoms with Crippen LogP contribution in [0.2, 0.25) is 5.02 Å². The first kappa shape index (κ1) is 16.0. The maximum absolute atomic E-state index is 10.7. The maximum Gasteiger partial charge on any atom is 0.270 e. The van der Waals surface area contributed by atoms with E-state index < -0.39 is 4.92 Å². The van der Waals surface area contributed by atoms with Gasteiger partial charge in [0, 0.05) is 17.0 Å². The number of alkyl halides is 1. The molecule has 0 heterocycles. The fraction of sp³-hybridized carbons (Fsp3) is 0.250. The molecule has 110 valence electrons. The number of hydrogen-bond donors (Lipinski definition) is 0. The first-order valence-corrected chi connectivity index (χ1v) is 7.90. The predicted octanol–water partition coefficient (Wildman–Crippen LogP) is 5.56. The van der Waals surface area contributed by atoms with E-state index in [1.807, 2.05) is 18.2 Å². The molecule has 2 atom stereocenters. The molecule has 0 aliphatic rings. The molecule has 0 aromatic heterocycles. The lowest BCUT2D eigenvalue weighted by atomic mass is 9.94. The Morgan fingerprint density at radius 2 is 1.90 bits per heavy atom. The van der Waals surface area contributed by atoms with Crippen molar-refractivity contribution in [1.29, 1.82) is 0 Å². The third-order valence-electron chi connectivity index (χ3n) is 3.41. The van der Waals surface area contributed by atoms with Crippen LogP contribution in [-0.2, 0) is 6.42 Å². The van der Waals surface area contributed by atoms with Crippen LogP contribution in [0.4, 0.5) is 5.69 Å². The van der Waals surface area contributed by atoms with E-state index >= 15 is 0 Å². The first-order valence-electron chi connectivity index (χ1n) is 6.61. The normalized spacial score (nSPS) is 13.7. The van der Waals surface area contributed by atoms with E-state index in [2.05, 4.69) is 35.0 Å². The van der Waals surface area contributed by atoms with Gasteiger partial charge in [-0.2, -0.15) is 0 Å². The van der Waals surface area contributed by atoms with Crippen LogP contribution < -0.4 is 0 Å². The second-order valence-corrected chi connectivity index (χ2v) is 6.42. The number of nitro benzene ring substituents is 1. The van der Waals surface area contributed by atoms with Crippen molar-refractivity contribution in [2.45, 2.75) is 18.2 Å². The quantitative estimate of drug-likeness (QED) is 0.394. The largest absolute Gasteiger partial charge is 0.270 e. The molecule has 0 bridgehead atoms. The van der Waals surface area contributed by atoms with Crippen molar-refractivity contribution in [3.05, 3.63) is 74.8 Å². The van der Waals surface area contributed by atoms with Crippen LogP contribution in [0.3, 0.4) is 0 Å². The molecule has 2 aromatic carbocycles. The molecular formula is C16H15BrClNO2. The van der Waals surface area contributed by atoms with E-state index in [1.54, 1.807) is 6.07 Å². The molecule has 0 spiro atoms. The van der Waals surface area contributed by atoms with Gasteiger partial charge in [0.05, 0.1) is 9.95 Å². The van der Waals surface area contributed by atoms with Crippen LogP contribution in [-0.4, -0.2) is 4.92 Å². The minimum atomic E-state index is -0.434. The predicted molar refractivity (Wildman–Crippen MR) is 89.1 cm³/mol. The molecule has 2 aromatic rings. The highest BCUT2D eigenvalue weighted by Gasteiger charge is 2.18. The van der Waals surface area contributed by atoms with Crippen molar-refractivity contribution in [3.8, 4) is 0 Å². The van der Waals surface area contributed by atoms with E-state index in [-0.39, 0.29) is 10.5 Å².